The second-order valence-electron chi connectivity index (χ2n) is 3.65. The number of thiophene rings is 1. The molecular formula is C11H11BrClN3S. The Labute approximate surface area is 117 Å². The molecule has 1 N–H and O–H groups in total. The molecule has 2 aromatic rings. The summed E-state index contributed by atoms with van der Waals surface area (Å²) in [6, 6.07) is 4.42. The van der Waals surface area contributed by atoms with Crippen molar-refractivity contribution in [3.63, 3.8) is 0 Å². The molecule has 0 fully saturated rings. The molecule has 0 aliphatic rings. The molecule has 1 atom stereocenters. The molecule has 1 unspecified atom stereocenters. The SMILES string of the molecule is Cc1ccc(C(C)Nc2nc(Cl)ncc2Br)s1. The second-order valence-corrected chi connectivity index (χ2v) is 6.16. The number of nitrogens with zero attached hydrogens (tertiary/aromatic N) is 2. The van der Waals surface area contributed by atoms with Crippen molar-refractivity contribution in [2.75, 3.05) is 5.32 Å². The molecule has 17 heavy (non-hydrogen) atoms. The maximum Gasteiger partial charge on any atom is 0.224 e. The van der Waals surface area contributed by atoms with E-state index in [1.807, 2.05) is 0 Å². The molecule has 2 heterocycles. The van der Waals surface area contributed by atoms with Gasteiger partial charge in [-0.25, -0.2) is 4.98 Å². The number of hydrogen-bond donors (Lipinski definition) is 1. The molecule has 0 saturated carbocycles. The largest absolute Gasteiger partial charge is 0.362 e. The van der Waals surface area contributed by atoms with Crippen LogP contribution in [0.3, 0.4) is 0 Å². The van der Waals surface area contributed by atoms with Crippen LogP contribution >= 0.6 is 38.9 Å². The fourth-order valence-electron chi connectivity index (χ4n) is 1.41. The number of aryl methyl sites for hydroxylation is 1. The highest BCUT2D eigenvalue weighted by atomic mass is 79.9. The van der Waals surface area contributed by atoms with Crippen molar-refractivity contribution in [1.82, 2.24) is 9.97 Å². The third-order valence-electron chi connectivity index (χ3n) is 2.26. The summed E-state index contributed by atoms with van der Waals surface area (Å²) in [6.45, 7) is 4.19. The van der Waals surface area contributed by atoms with E-state index < -0.39 is 0 Å². The normalized spacial score (nSPS) is 12.5. The predicted molar refractivity (Wildman–Crippen MR) is 75.8 cm³/mol. The van der Waals surface area contributed by atoms with E-state index >= 15 is 0 Å². The van der Waals surface area contributed by atoms with Gasteiger partial charge in [-0.1, -0.05) is 0 Å². The molecule has 6 heteroatoms. The molecule has 0 radical (unpaired) electrons. The molecule has 0 aliphatic heterocycles. The van der Waals surface area contributed by atoms with Crippen LogP contribution in [-0.2, 0) is 0 Å². The summed E-state index contributed by atoms with van der Waals surface area (Å²) in [7, 11) is 0. The topological polar surface area (TPSA) is 37.8 Å². The summed E-state index contributed by atoms with van der Waals surface area (Å²) in [5, 5.41) is 3.55. The van der Waals surface area contributed by atoms with Crippen molar-refractivity contribution in [3.8, 4) is 0 Å². The van der Waals surface area contributed by atoms with Crippen LogP contribution in [0, 0.1) is 6.92 Å². The van der Waals surface area contributed by atoms with Gasteiger partial charge in [-0.2, -0.15) is 4.98 Å². The van der Waals surface area contributed by atoms with Crippen molar-refractivity contribution >= 4 is 44.7 Å². The lowest BCUT2D eigenvalue weighted by Gasteiger charge is -2.13. The Morgan fingerprint density at radius 1 is 1.47 bits per heavy atom. The zero-order valence-corrected chi connectivity index (χ0v) is 12.5. The van der Waals surface area contributed by atoms with E-state index in [0.717, 1.165) is 4.47 Å². The number of hydrogen-bond acceptors (Lipinski definition) is 4. The van der Waals surface area contributed by atoms with E-state index in [4.69, 9.17) is 11.6 Å². The fourth-order valence-corrected chi connectivity index (χ4v) is 2.73. The highest BCUT2D eigenvalue weighted by Gasteiger charge is 2.11. The van der Waals surface area contributed by atoms with Gasteiger partial charge < -0.3 is 5.32 Å². The molecule has 0 bridgehead atoms. The Kier molecular flexibility index (Phi) is 4.01. The van der Waals surface area contributed by atoms with E-state index in [-0.39, 0.29) is 11.3 Å². The van der Waals surface area contributed by atoms with Gasteiger partial charge in [-0.05, 0) is 53.5 Å². The second kappa shape index (κ2) is 5.33. The lowest BCUT2D eigenvalue weighted by molar-refractivity contribution is 0.890. The van der Waals surface area contributed by atoms with Crippen LogP contribution in [0.2, 0.25) is 5.28 Å². The van der Waals surface area contributed by atoms with Crippen LogP contribution in [0.25, 0.3) is 0 Å². The van der Waals surface area contributed by atoms with E-state index in [1.54, 1.807) is 17.5 Å². The van der Waals surface area contributed by atoms with E-state index in [0.29, 0.717) is 5.82 Å². The minimum atomic E-state index is 0.191. The number of nitrogens with one attached hydrogen (secondary N) is 1. The molecule has 0 aliphatic carbocycles. The van der Waals surface area contributed by atoms with Crippen LogP contribution in [0.5, 0.6) is 0 Å². The first-order chi connectivity index (χ1) is 8.06. The smallest absolute Gasteiger partial charge is 0.224 e. The van der Waals surface area contributed by atoms with E-state index in [2.05, 4.69) is 57.2 Å². The van der Waals surface area contributed by atoms with Crippen molar-refractivity contribution < 1.29 is 0 Å². The summed E-state index contributed by atoms with van der Waals surface area (Å²) in [6.07, 6.45) is 1.64. The summed E-state index contributed by atoms with van der Waals surface area (Å²) >= 11 is 10.9. The summed E-state index contributed by atoms with van der Waals surface area (Å²) in [5.41, 5.74) is 0. The van der Waals surface area contributed by atoms with Crippen LogP contribution in [-0.4, -0.2) is 9.97 Å². The average molecular weight is 333 g/mol. The van der Waals surface area contributed by atoms with Gasteiger partial charge in [0, 0.05) is 16.0 Å². The molecular weight excluding hydrogens is 322 g/mol. The van der Waals surface area contributed by atoms with Crippen molar-refractivity contribution in [1.29, 1.82) is 0 Å². The van der Waals surface area contributed by atoms with Gasteiger partial charge in [0.15, 0.2) is 0 Å². The van der Waals surface area contributed by atoms with Crippen LogP contribution in [0.1, 0.15) is 22.7 Å². The Hall–Kier alpha value is -0.650. The first-order valence-electron chi connectivity index (χ1n) is 5.07. The first kappa shape index (κ1) is 12.8. The van der Waals surface area contributed by atoms with Gasteiger partial charge in [0.05, 0.1) is 10.5 Å². The van der Waals surface area contributed by atoms with Crippen LogP contribution in [0.4, 0.5) is 5.82 Å². The molecule has 3 nitrogen and oxygen atoms in total. The average Bonchev–Trinajstić information content (AvgIpc) is 2.70. The minimum Gasteiger partial charge on any atom is -0.362 e. The molecule has 0 spiro atoms. The maximum absolute atomic E-state index is 5.77. The molecule has 0 aromatic carbocycles. The zero-order valence-electron chi connectivity index (χ0n) is 9.37. The van der Waals surface area contributed by atoms with Crippen molar-refractivity contribution in [3.05, 3.63) is 37.8 Å². The summed E-state index contributed by atoms with van der Waals surface area (Å²) < 4.78 is 0.807. The minimum absolute atomic E-state index is 0.191. The zero-order chi connectivity index (χ0) is 12.4. The van der Waals surface area contributed by atoms with Gasteiger partial charge in [0.25, 0.3) is 0 Å². The molecule has 0 saturated heterocycles. The predicted octanol–water partition coefficient (Wildman–Crippen LogP) is 4.44. The Bertz CT molecular complexity index is 529. The van der Waals surface area contributed by atoms with Crippen LogP contribution < -0.4 is 5.32 Å². The molecule has 90 valence electrons. The molecule has 0 amide bonds. The van der Waals surface area contributed by atoms with Crippen molar-refractivity contribution in [2.45, 2.75) is 19.9 Å². The van der Waals surface area contributed by atoms with E-state index in [1.165, 1.54) is 9.75 Å². The third-order valence-corrected chi connectivity index (χ3v) is 4.20. The monoisotopic (exact) mass is 331 g/mol. The Morgan fingerprint density at radius 3 is 2.88 bits per heavy atom. The van der Waals surface area contributed by atoms with E-state index in [9.17, 15) is 0 Å². The fraction of sp³-hybridized carbons (Fsp3) is 0.273. The molecule has 2 rings (SSSR count). The Balaban J connectivity index is 2.18. The van der Waals surface area contributed by atoms with Crippen molar-refractivity contribution in [2.24, 2.45) is 0 Å². The highest BCUT2D eigenvalue weighted by Crippen LogP contribution is 2.28. The van der Waals surface area contributed by atoms with Gasteiger partial charge in [-0.15, -0.1) is 11.3 Å². The number of rotatable bonds is 3. The maximum atomic E-state index is 5.77. The van der Waals surface area contributed by atoms with Gasteiger partial charge in [-0.3, -0.25) is 0 Å². The molecule has 2 aromatic heterocycles. The standard InChI is InChI=1S/C11H11BrClN3S/c1-6-3-4-9(17-6)7(2)15-10-8(12)5-14-11(13)16-10/h3-5,7H,1-2H3,(H,14,15,16). The lowest BCUT2D eigenvalue weighted by Crippen LogP contribution is -2.07. The quantitative estimate of drug-likeness (QED) is 0.845. The van der Waals surface area contributed by atoms with Crippen LogP contribution in [0.15, 0.2) is 22.8 Å². The number of halogens is 2. The number of anilines is 1. The van der Waals surface area contributed by atoms with Gasteiger partial charge >= 0.3 is 0 Å². The van der Waals surface area contributed by atoms with Gasteiger partial charge in [0.2, 0.25) is 5.28 Å². The first-order valence-corrected chi connectivity index (χ1v) is 7.06. The summed E-state index contributed by atoms with van der Waals surface area (Å²) in [5.74, 6) is 0.712. The number of aromatic nitrogens is 2. The summed E-state index contributed by atoms with van der Waals surface area (Å²) in [4.78, 5) is 10.6. The lowest BCUT2D eigenvalue weighted by atomic mass is 10.3. The third kappa shape index (κ3) is 3.18. The highest BCUT2D eigenvalue weighted by molar-refractivity contribution is 9.10. The van der Waals surface area contributed by atoms with Gasteiger partial charge in [0.1, 0.15) is 5.82 Å². The Morgan fingerprint density at radius 2 is 2.24 bits per heavy atom.